The van der Waals surface area contributed by atoms with Crippen LogP contribution in [0.5, 0.6) is 0 Å². The maximum Gasteiger partial charge on any atom is 0.258 e. The Morgan fingerprint density at radius 3 is 2.52 bits per heavy atom. The third-order valence-corrected chi connectivity index (χ3v) is 6.10. The van der Waals surface area contributed by atoms with E-state index < -0.39 is 38.9 Å². The molecule has 2 aliphatic rings. The van der Waals surface area contributed by atoms with Crippen molar-refractivity contribution in [3.63, 3.8) is 0 Å². The molecule has 1 saturated carbocycles. The molecule has 0 spiro atoms. The number of hydrazine groups is 2. The molecule has 164 valence electrons. The van der Waals surface area contributed by atoms with Crippen molar-refractivity contribution >= 4 is 21.6 Å². The van der Waals surface area contributed by atoms with Gasteiger partial charge in [0.15, 0.2) is 11.6 Å². The normalized spacial score (nSPS) is 16.1. The summed E-state index contributed by atoms with van der Waals surface area (Å²) in [6.45, 7) is -0.0493. The largest absolute Gasteiger partial charge is 0.322 e. The highest BCUT2D eigenvalue weighted by molar-refractivity contribution is 7.89. The number of carbonyl (C=O) groups excluding carboxylic acids is 1. The smallest absolute Gasteiger partial charge is 0.258 e. The van der Waals surface area contributed by atoms with Crippen molar-refractivity contribution in [2.75, 3.05) is 11.9 Å². The highest BCUT2D eigenvalue weighted by Gasteiger charge is 2.30. The first-order valence-corrected chi connectivity index (χ1v) is 10.8. The summed E-state index contributed by atoms with van der Waals surface area (Å²) < 4.78 is 68.1. The van der Waals surface area contributed by atoms with E-state index in [2.05, 4.69) is 21.0 Å². The number of sulfonamides is 1. The Morgan fingerprint density at radius 1 is 1.06 bits per heavy atom. The van der Waals surface area contributed by atoms with Gasteiger partial charge in [0.05, 0.1) is 22.7 Å². The first-order valence-electron chi connectivity index (χ1n) is 9.29. The lowest BCUT2D eigenvalue weighted by atomic mass is 10.2. The van der Waals surface area contributed by atoms with Crippen molar-refractivity contribution in [3.05, 3.63) is 71.3 Å². The molecule has 0 aromatic heterocycles. The molecule has 8 nitrogen and oxygen atoms in total. The van der Waals surface area contributed by atoms with Crippen LogP contribution in [0.25, 0.3) is 0 Å². The van der Waals surface area contributed by atoms with E-state index in [1.807, 2.05) is 5.01 Å². The summed E-state index contributed by atoms with van der Waals surface area (Å²) >= 11 is 0. The van der Waals surface area contributed by atoms with Crippen molar-refractivity contribution < 1.29 is 26.4 Å². The maximum absolute atomic E-state index is 14.2. The van der Waals surface area contributed by atoms with Crippen molar-refractivity contribution in [1.82, 2.24) is 20.7 Å². The number of halogens is 3. The number of amides is 1. The van der Waals surface area contributed by atoms with E-state index in [0.29, 0.717) is 11.7 Å². The molecule has 2 aromatic rings. The lowest BCUT2D eigenvalue weighted by Gasteiger charge is -2.12. The molecule has 1 heterocycles. The molecule has 4 rings (SSSR count). The van der Waals surface area contributed by atoms with Gasteiger partial charge in [0, 0.05) is 24.0 Å². The average Bonchev–Trinajstić information content (AvgIpc) is 3.47. The minimum atomic E-state index is -4.06. The van der Waals surface area contributed by atoms with E-state index >= 15 is 0 Å². The fourth-order valence-electron chi connectivity index (χ4n) is 2.88. The first kappa shape index (κ1) is 21.2. The monoisotopic (exact) mass is 453 g/mol. The van der Waals surface area contributed by atoms with Gasteiger partial charge in [0.25, 0.3) is 5.91 Å². The molecule has 1 aliphatic heterocycles. The Balaban J connectivity index is 1.47. The van der Waals surface area contributed by atoms with Gasteiger partial charge in [-0.15, -0.1) is 5.53 Å². The zero-order valence-corrected chi connectivity index (χ0v) is 16.8. The van der Waals surface area contributed by atoms with E-state index in [1.54, 1.807) is 6.20 Å². The molecule has 1 amide bonds. The van der Waals surface area contributed by atoms with E-state index in [9.17, 15) is 26.4 Å². The third-order valence-electron chi connectivity index (χ3n) is 4.70. The van der Waals surface area contributed by atoms with Crippen LogP contribution in [0.3, 0.4) is 0 Å². The standard InChI is InChI=1S/C19H18F3N5O3S/c20-16-6-4-14(8-15(16)19(28)24-11-1-5-17(21)18(22)7-11)31(29,30)23-9-12-10-27(26-25-12)13-2-3-13/h1,4-8,10,13,23,25-26H,2-3,9H2,(H,24,28). The maximum atomic E-state index is 14.2. The van der Waals surface area contributed by atoms with Crippen molar-refractivity contribution in [3.8, 4) is 0 Å². The number of nitrogens with one attached hydrogen (secondary N) is 4. The van der Waals surface area contributed by atoms with E-state index in [1.165, 1.54) is 0 Å². The minimum Gasteiger partial charge on any atom is -0.322 e. The Labute approximate surface area is 176 Å². The molecule has 0 unspecified atom stereocenters. The van der Waals surface area contributed by atoms with Crippen LogP contribution in [0.15, 0.2) is 53.2 Å². The molecule has 2 aromatic carbocycles. The predicted molar refractivity (Wildman–Crippen MR) is 105 cm³/mol. The number of benzene rings is 2. The van der Waals surface area contributed by atoms with Gasteiger partial charge in [-0.25, -0.2) is 26.3 Å². The van der Waals surface area contributed by atoms with E-state index in [0.717, 1.165) is 49.2 Å². The Hall–Kier alpha value is -3.09. The first-order chi connectivity index (χ1) is 14.7. The van der Waals surface area contributed by atoms with Crippen LogP contribution in [0, 0.1) is 17.5 Å². The molecule has 1 fully saturated rings. The van der Waals surface area contributed by atoms with Crippen LogP contribution in [0.4, 0.5) is 18.9 Å². The van der Waals surface area contributed by atoms with Crippen molar-refractivity contribution in [1.29, 1.82) is 0 Å². The van der Waals surface area contributed by atoms with Crippen LogP contribution in [-0.2, 0) is 10.0 Å². The molecule has 0 bridgehead atoms. The molecule has 0 atom stereocenters. The quantitative estimate of drug-likeness (QED) is 0.511. The second-order valence-electron chi connectivity index (χ2n) is 7.08. The molecular formula is C19H18F3N5O3S. The van der Waals surface area contributed by atoms with Crippen LogP contribution < -0.4 is 21.0 Å². The molecular weight excluding hydrogens is 435 g/mol. The second-order valence-corrected chi connectivity index (χ2v) is 8.85. The number of hydrogen-bond donors (Lipinski definition) is 4. The fraction of sp³-hybridized carbons (Fsp3) is 0.211. The molecule has 12 heteroatoms. The summed E-state index contributed by atoms with van der Waals surface area (Å²) in [5.41, 5.74) is 5.68. The lowest BCUT2D eigenvalue weighted by Crippen LogP contribution is -2.39. The Morgan fingerprint density at radius 2 is 1.81 bits per heavy atom. The summed E-state index contributed by atoms with van der Waals surface area (Å²) in [7, 11) is -4.06. The predicted octanol–water partition coefficient (Wildman–Crippen LogP) is 1.96. The van der Waals surface area contributed by atoms with Crippen LogP contribution in [0.2, 0.25) is 0 Å². The van der Waals surface area contributed by atoms with E-state index in [4.69, 9.17) is 0 Å². The zero-order valence-electron chi connectivity index (χ0n) is 16.0. The van der Waals surface area contributed by atoms with Gasteiger partial charge in [-0.3, -0.25) is 9.80 Å². The number of nitrogens with zero attached hydrogens (tertiary/aromatic N) is 1. The highest BCUT2D eigenvalue weighted by atomic mass is 32.2. The summed E-state index contributed by atoms with van der Waals surface area (Å²) in [6, 6.07) is 5.76. The van der Waals surface area contributed by atoms with Gasteiger partial charge in [0.1, 0.15) is 5.82 Å². The van der Waals surface area contributed by atoms with Crippen molar-refractivity contribution in [2.45, 2.75) is 23.8 Å². The number of rotatable bonds is 7. The van der Waals surface area contributed by atoms with Crippen LogP contribution in [0.1, 0.15) is 23.2 Å². The summed E-state index contributed by atoms with van der Waals surface area (Å²) in [4.78, 5) is 12.0. The molecule has 4 N–H and O–H groups in total. The molecule has 0 saturated heterocycles. The third kappa shape index (κ3) is 4.81. The van der Waals surface area contributed by atoms with Crippen LogP contribution in [-0.4, -0.2) is 31.9 Å². The van der Waals surface area contributed by atoms with Gasteiger partial charge in [-0.05, 0) is 43.2 Å². The number of hydrogen-bond acceptors (Lipinski definition) is 6. The van der Waals surface area contributed by atoms with Gasteiger partial charge < -0.3 is 10.7 Å². The summed E-state index contributed by atoms with van der Waals surface area (Å²) in [5, 5.41) is 4.06. The van der Waals surface area contributed by atoms with Gasteiger partial charge in [-0.1, -0.05) is 0 Å². The van der Waals surface area contributed by atoms with Crippen LogP contribution >= 0.6 is 0 Å². The Kier molecular flexibility index (Phi) is 5.60. The topological polar surface area (TPSA) is 103 Å². The van der Waals surface area contributed by atoms with Gasteiger partial charge >= 0.3 is 0 Å². The fourth-order valence-corrected chi connectivity index (χ4v) is 3.91. The average molecular weight is 453 g/mol. The Bertz CT molecular complexity index is 1170. The zero-order chi connectivity index (χ0) is 22.2. The van der Waals surface area contributed by atoms with E-state index in [-0.39, 0.29) is 17.1 Å². The molecule has 1 aliphatic carbocycles. The molecule has 0 radical (unpaired) electrons. The minimum absolute atomic E-state index is 0.0493. The second kappa shape index (κ2) is 8.21. The summed E-state index contributed by atoms with van der Waals surface area (Å²) in [5.74, 6) is -4.28. The number of carbonyl (C=O) groups is 1. The number of anilines is 1. The molecule has 31 heavy (non-hydrogen) atoms. The summed E-state index contributed by atoms with van der Waals surface area (Å²) in [6.07, 6.45) is 3.86. The van der Waals surface area contributed by atoms with Crippen molar-refractivity contribution in [2.24, 2.45) is 0 Å². The lowest BCUT2D eigenvalue weighted by molar-refractivity contribution is 0.102. The SMILES string of the molecule is O=C(Nc1ccc(F)c(F)c1)c1cc(S(=O)(=O)NCC2=CN(C3CC3)NN2)ccc1F. The van der Waals surface area contributed by atoms with Gasteiger partial charge in [0.2, 0.25) is 10.0 Å². The highest BCUT2D eigenvalue weighted by Crippen LogP contribution is 2.26. The van der Waals surface area contributed by atoms with Gasteiger partial charge in [-0.2, -0.15) is 0 Å².